The van der Waals surface area contributed by atoms with Gasteiger partial charge in [0.1, 0.15) is 11.4 Å². The number of carbonyl (C=O) groups is 1. The first-order valence-electron chi connectivity index (χ1n) is 8.83. The Kier molecular flexibility index (Phi) is 5.69. The molecule has 0 unspecified atom stereocenters. The van der Waals surface area contributed by atoms with E-state index in [9.17, 15) is 9.18 Å². The summed E-state index contributed by atoms with van der Waals surface area (Å²) in [4.78, 5) is 12.3. The fraction of sp³-hybridized carbons (Fsp3) is 0.286. The zero-order chi connectivity index (χ0) is 19.5. The Labute approximate surface area is 159 Å². The highest BCUT2D eigenvalue weighted by molar-refractivity contribution is 8.27. The first-order valence-corrected chi connectivity index (χ1v) is 11.1. The zero-order valence-electron chi connectivity index (χ0n) is 15.2. The van der Waals surface area contributed by atoms with Gasteiger partial charge in [-0.25, -0.2) is 19.1 Å². The van der Waals surface area contributed by atoms with E-state index in [-0.39, 0.29) is 5.82 Å². The van der Waals surface area contributed by atoms with Gasteiger partial charge in [-0.3, -0.25) is 15.3 Å². The van der Waals surface area contributed by atoms with Crippen molar-refractivity contribution in [3.8, 4) is 11.1 Å². The molecule has 1 aliphatic heterocycles. The first-order chi connectivity index (χ1) is 12.9. The molecule has 1 fully saturated rings. The van der Waals surface area contributed by atoms with Crippen LogP contribution in [0.25, 0.3) is 11.1 Å². The third-order valence-corrected chi connectivity index (χ3v) is 7.37. The minimum Gasteiger partial charge on any atom is -0.299 e. The lowest BCUT2D eigenvalue weighted by Gasteiger charge is -2.39. The van der Waals surface area contributed by atoms with Crippen LogP contribution >= 0.6 is 9.21 Å². The Bertz CT molecular complexity index is 909. The van der Waals surface area contributed by atoms with Crippen LogP contribution in [0.15, 0.2) is 48.5 Å². The average molecular weight is 389 g/mol. The number of benzene rings is 2. The summed E-state index contributed by atoms with van der Waals surface area (Å²) < 4.78 is 13.9. The van der Waals surface area contributed by atoms with Crippen LogP contribution in [0.3, 0.4) is 0 Å². The molecule has 2 aromatic rings. The van der Waals surface area contributed by atoms with Crippen LogP contribution in [0, 0.1) is 5.82 Å². The summed E-state index contributed by atoms with van der Waals surface area (Å²) >= 11 is 0. The fourth-order valence-corrected chi connectivity index (χ4v) is 5.14. The SMILES string of the molecule is C=S1(=C)CCC(NCc2ccc(-c3ccccc3F)cc2)(C(=O)NO)CC1. The van der Waals surface area contributed by atoms with E-state index in [1.165, 1.54) is 6.07 Å². The van der Waals surface area contributed by atoms with Gasteiger partial charge in [-0.05, 0) is 41.5 Å². The quantitative estimate of drug-likeness (QED) is 0.418. The lowest BCUT2D eigenvalue weighted by molar-refractivity contribution is -0.136. The van der Waals surface area contributed by atoms with Crippen LogP contribution in [0.4, 0.5) is 4.39 Å². The molecule has 0 aliphatic carbocycles. The van der Waals surface area contributed by atoms with Crippen molar-refractivity contribution in [2.45, 2.75) is 24.9 Å². The van der Waals surface area contributed by atoms with Crippen LogP contribution in [-0.2, 0) is 11.3 Å². The van der Waals surface area contributed by atoms with Crippen LogP contribution in [0.2, 0.25) is 0 Å². The van der Waals surface area contributed by atoms with Crippen LogP contribution < -0.4 is 10.8 Å². The maximum Gasteiger partial charge on any atom is 0.263 e. The highest BCUT2D eigenvalue weighted by atomic mass is 32.2. The molecular formula is C21H25FN2O2S. The van der Waals surface area contributed by atoms with Gasteiger partial charge in [0.05, 0.1) is 0 Å². The number of amides is 1. The van der Waals surface area contributed by atoms with Crippen molar-refractivity contribution in [3.63, 3.8) is 0 Å². The third-order valence-electron chi connectivity index (χ3n) is 5.23. The summed E-state index contributed by atoms with van der Waals surface area (Å²) in [6, 6.07) is 14.2. The number of carbonyl (C=O) groups excluding carboxylic acids is 1. The number of rotatable bonds is 5. The molecule has 0 saturated carbocycles. The van der Waals surface area contributed by atoms with Crippen LogP contribution in [0.5, 0.6) is 0 Å². The van der Waals surface area contributed by atoms with Crippen LogP contribution in [-0.4, -0.2) is 39.9 Å². The van der Waals surface area contributed by atoms with Crippen molar-refractivity contribution >= 4 is 26.9 Å². The minimum atomic E-state index is -1.16. The van der Waals surface area contributed by atoms with Crippen molar-refractivity contribution in [2.24, 2.45) is 0 Å². The van der Waals surface area contributed by atoms with Crippen molar-refractivity contribution < 1.29 is 14.4 Å². The molecule has 1 aliphatic rings. The topological polar surface area (TPSA) is 61.4 Å². The molecular weight excluding hydrogens is 363 g/mol. The molecule has 1 saturated heterocycles. The normalized spacial score (nSPS) is 18.0. The second kappa shape index (κ2) is 7.84. The molecule has 3 N–H and O–H groups in total. The summed E-state index contributed by atoms with van der Waals surface area (Å²) in [5.41, 5.74) is 3.33. The number of halogens is 1. The Morgan fingerprint density at radius 3 is 2.33 bits per heavy atom. The van der Waals surface area contributed by atoms with Crippen molar-refractivity contribution in [1.29, 1.82) is 0 Å². The van der Waals surface area contributed by atoms with E-state index in [0.717, 1.165) is 22.6 Å². The van der Waals surface area contributed by atoms with E-state index >= 15 is 0 Å². The number of hydrogen-bond donors (Lipinski definition) is 3. The van der Waals surface area contributed by atoms with Gasteiger partial charge >= 0.3 is 0 Å². The molecule has 0 bridgehead atoms. The lowest BCUT2D eigenvalue weighted by atomic mass is 9.91. The molecule has 0 spiro atoms. The van der Waals surface area contributed by atoms with Gasteiger partial charge in [-0.1, -0.05) is 54.2 Å². The molecule has 1 amide bonds. The predicted octanol–water partition coefficient (Wildman–Crippen LogP) is 3.29. The summed E-state index contributed by atoms with van der Waals surface area (Å²) in [5.74, 6) is 9.21. The summed E-state index contributed by atoms with van der Waals surface area (Å²) in [6.07, 6.45) is 1.18. The van der Waals surface area contributed by atoms with E-state index in [0.29, 0.717) is 24.9 Å². The maximum absolute atomic E-state index is 13.9. The second-order valence-electron chi connectivity index (χ2n) is 7.19. The zero-order valence-corrected chi connectivity index (χ0v) is 16.0. The van der Waals surface area contributed by atoms with Gasteiger partial charge in [0.15, 0.2) is 0 Å². The Morgan fingerprint density at radius 1 is 1.11 bits per heavy atom. The summed E-state index contributed by atoms with van der Waals surface area (Å²) in [5, 5.41) is 12.5. The third kappa shape index (κ3) is 4.40. The monoisotopic (exact) mass is 388 g/mol. The lowest BCUT2D eigenvalue weighted by Crippen LogP contribution is -2.58. The van der Waals surface area contributed by atoms with Crippen molar-refractivity contribution in [1.82, 2.24) is 10.8 Å². The first kappa shape index (κ1) is 19.6. The molecule has 0 atom stereocenters. The van der Waals surface area contributed by atoms with Gasteiger partial charge in [-0.15, -0.1) is 0 Å². The summed E-state index contributed by atoms with van der Waals surface area (Å²) in [7, 11) is -1.16. The van der Waals surface area contributed by atoms with Gasteiger partial charge in [0, 0.05) is 12.1 Å². The van der Waals surface area contributed by atoms with Gasteiger partial charge in [0.25, 0.3) is 5.91 Å². The molecule has 0 radical (unpaired) electrons. The Balaban J connectivity index is 1.73. The Hall–Kier alpha value is -2.15. The largest absolute Gasteiger partial charge is 0.299 e. The van der Waals surface area contributed by atoms with E-state index in [1.54, 1.807) is 23.7 Å². The molecule has 4 nitrogen and oxygen atoms in total. The Morgan fingerprint density at radius 2 is 1.74 bits per heavy atom. The minimum absolute atomic E-state index is 0.253. The highest BCUT2D eigenvalue weighted by Crippen LogP contribution is 2.35. The predicted molar refractivity (Wildman–Crippen MR) is 112 cm³/mol. The molecule has 0 aromatic heterocycles. The number of hydroxylamine groups is 1. The van der Waals surface area contributed by atoms with Crippen LogP contribution in [0.1, 0.15) is 18.4 Å². The van der Waals surface area contributed by atoms with Gasteiger partial charge in [-0.2, -0.15) is 0 Å². The average Bonchev–Trinajstić information content (AvgIpc) is 2.68. The molecule has 27 heavy (non-hydrogen) atoms. The fourth-order valence-electron chi connectivity index (χ4n) is 3.37. The van der Waals surface area contributed by atoms with E-state index in [4.69, 9.17) is 5.21 Å². The van der Waals surface area contributed by atoms with E-state index < -0.39 is 20.7 Å². The standard InChI is InChI=1S/C21H25FN2O2S/c1-27(2)13-11-21(12-14-27,20(25)24-26)23-15-16-7-9-17(10-8-16)18-5-3-4-6-19(18)22/h3-10,23,26H,1-2,11-15H2,(H,24,25). The second-order valence-corrected chi connectivity index (χ2v) is 10.5. The van der Waals surface area contributed by atoms with E-state index in [2.05, 4.69) is 17.1 Å². The molecule has 1 heterocycles. The smallest absolute Gasteiger partial charge is 0.263 e. The molecule has 6 heteroatoms. The van der Waals surface area contributed by atoms with Crippen molar-refractivity contribution in [3.05, 3.63) is 59.9 Å². The number of hydrogen-bond acceptors (Lipinski definition) is 3. The van der Waals surface area contributed by atoms with E-state index in [1.807, 2.05) is 24.3 Å². The molecule has 144 valence electrons. The van der Waals surface area contributed by atoms with Gasteiger partial charge in [0.2, 0.25) is 0 Å². The number of nitrogens with one attached hydrogen (secondary N) is 2. The summed E-state index contributed by atoms with van der Waals surface area (Å²) in [6.45, 7) is 0.474. The van der Waals surface area contributed by atoms with Crippen molar-refractivity contribution in [2.75, 3.05) is 11.5 Å². The molecule has 3 rings (SSSR count). The highest BCUT2D eigenvalue weighted by Gasteiger charge is 2.40. The van der Waals surface area contributed by atoms with Gasteiger partial charge < -0.3 is 0 Å². The maximum atomic E-state index is 13.9. The molecule has 2 aromatic carbocycles.